The van der Waals surface area contributed by atoms with Crippen molar-refractivity contribution in [1.82, 2.24) is 20.0 Å². The van der Waals surface area contributed by atoms with Crippen LogP contribution in [0, 0.1) is 5.82 Å². The number of nitrogens with zero attached hydrogens (tertiary/aromatic N) is 3. The normalized spacial score (nSPS) is 14.7. The lowest BCUT2D eigenvalue weighted by Crippen LogP contribution is -2.36. The Morgan fingerprint density at radius 2 is 1.86 bits per heavy atom. The number of hydrogen-bond donors (Lipinski definition) is 1. The van der Waals surface area contributed by atoms with E-state index in [0.29, 0.717) is 30.3 Å². The van der Waals surface area contributed by atoms with Crippen LogP contribution in [0.1, 0.15) is 16.1 Å². The largest absolute Gasteiger partial charge is 0.488 e. The van der Waals surface area contributed by atoms with Gasteiger partial charge in [0.25, 0.3) is 0 Å². The smallest absolute Gasteiger partial charge is 0.439 e. The summed E-state index contributed by atoms with van der Waals surface area (Å²) in [4.78, 5) is 21.1. The third-order valence-corrected chi connectivity index (χ3v) is 6.84. The number of hydrogen-bond acceptors (Lipinski definition) is 8. The molecule has 0 amide bonds. The summed E-state index contributed by atoms with van der Waals surface area (Å²) in [5.41, 5.74) is 0.613. The van der Waals surface area contributed by atoms with Crippen molar-refractivity contribution >= 4 is 11.3 Å². The van der Waals surface area contributed by atoms with E-state index in [1.807, 2.05) is 0 Å². The number of benzene rings is 2. The molecule has 3 heterocycles. The van der Waals surface area contributed by atoms with Gasteiger partial charge in [-0.3, -0.25) is 14.4 Å². The predicted molar refractivity (Wildman–Crippen MR) is 125 cm³/mol. The van der Waals surface area contributed by atoms with Gasteiger partial charge in [-0.1, -0.05) is 17.3 Å². The van der Waals surface area contributed by atoms with Gasteiger partial charge < -0.3 is 9.47 Å². The molecule has 0 atom stereocenters. The molecule has 0 bridgehead atoms. The van der Waals surface area contributed by atoms with E-state index < -0.39 is 23.3 Å². The van der Waals surface area contributed by atoms with Crippen LogP contribution in [0.3, 0.4) is 0 Å². The van der Waals surface area contributed by atoms with Gasteiger partial charge in [-0.15, -0.1) is 11.3 Å². The number of nitrogens with one attached hydrogen (secondary N) is 1. The maximum absolute atomic E-state index is 14.6. The van der Waals surface area contributed by atoms with Crippen molar-refractivity contribution in [2.24, 2.45) is 0 Å². The fourth-order valence-electron chi connectivity index (χ4n) is 3.79. The van der Waals surface area contributed by atoms with E-state index in [0.717, 1.165) is 35.8 Å². The Hall–Kier alpha value is -3.55. The first kappa shape index (κ1) is 25.1. The summed E-state index contributed by atoms with van der Waals surface area (Å²) in [6.45, 7) is 3.26. The SMILES string of the molecule is O=c1[nH]c(-c2ccc(OCc3sc(-c4ccc(C(F)(F)F)cc4)nc3CN3CCOCC3)cc2F)no1. The Morgan fingerprint density at radius 3 is 2.51 bits per heavy atom. The van der Waals surface area contributed by atoms with Crippen LogP contribution in [0.4, 0.5) is 17.6 Å². The highest BCUT2D eigenvalue weighted by Gasteiger charge is 2.30. The topological polar surface area (TPSA) is 93.5 Å². The summed E-state index contributed by atoms with van der Waals surface area (Å²) in [5.74, 6) is -1.25. The molecule has 2 aromatic carbocycles. The van der Waals surface area contributed by atoms with Crippen LogP contribution in [-0.4, -0.2) is 46.3 Å². The van der Waals surface area contributed by atoms with Gasteiger partial charge in [0.15, 0.2) is 5.82 Å². The lowest BCUT2D eigenvalue weighted by molar-refractivity contribution is -0.137. The van der Waals surface area contributed by atoms with Gasteiger partial charge in [-0.2, -0.15) is 13.2 Å². The third kappa shape index (κ3) is 5.89. The Kier molecular flexibility index (Phi) is 7.09. The van der Waals surface area contributed by atoms with E-state index in [1.165, 1.54) is 41.7 Å². The Morgan fingerprint density at radius 1 is 1.11 bits per heavy atom. The molecule has 13 heteroatoms. The molecule has 1 N–H and O–H groups in total. The summed E-state index contributed by atoms with van der Waals surface area (Å²) in [6.07, 6.45) is -4.42. The van der Waals surface area contributed by atoms with Gasteiger partial charge in [0, 0.05) is 31.3 Å². The summed E-state index contributed by atoms with van der Waals surface area (Å²) in [7, 11) is 0. The highest BCUT2D eigenvalue weighted by Crippen LogP contribution is 2.34. The standard InChI is InChI=1S/C24H20F4N4O4S/c25-18-11-16(5-6-17(18)21-30-23(33)36-31-21)35-13-20-19(12-32-7-9-34-10-8-32)29-22(37-20)14-1-3-15(4-2-14)24(26,27)28/h1-6,11H,7-10,12-13H2,(H,30,31,33). The zero-order valence-electron chi connectivity index (χ0n) is 19.2. The number of rotatable bonds is 7. The van der Waals surface area contributed by atoms with E-state index in [1.54, 1.807) is 0 Å². The highest BCUT2D eigenvalue weighted by molar-refractivity contribution is 7.15. The molecule has 8 nitrogen and oxygen atoms in total. The Balaban J connectivity index is 1.37. The first-order valence-electron chi connectivity index (χ1n) is 11.2. The fraction of sp³-hybridized carbons (Fsp3) is 0.292. The molecule has 0 aliphatic carbocycles. The zero-order valence-corrected chi connectivity index (χ0v) is 20.0. The number of aromatic amines is 1. The van der Waals surface area contributed by atoms with Crippen LogP contribution in [0.5, 0.6) is 5.75 Å². The van der Waals surface area contributed by atoms with E-state index >= 15 is 0 Å². The summed E-state index contributed by atoms with van der Waals surface area (Å²) in [6, 6.07) is 8.96. The molecular formula is C24H20F4N4O4S. The second-order valence-electron chi connectivity index (χ2n) is 8.23. The lowest BCUT2D eigenvalue weighted by atomic mass is 10.1. The maximum Gasteiger partial charge on any atom is 0.439 e. The molecule has 37 heavy (non-hydrogen) atoms. The number of alkyl halides is 3. The van der Waals surface area contributed by atoms with Gasteiger partial charge in [-0.25, -0.2) is 14.2 Å². The average Bonchev–Trinajstić information content (AvgIpc) is 3.49. The highest BCUT2D eigenvalue weighted by atomic mass is 32.1. The maximum atomic E-state index is 14.6. The molecule has 1 fully saturated rings. The van der Waals surface area contributed by atoms with E-state index in [4.69, 9.17) is 14.5 Å². The zero-order chi connectivity index (χ0) is 26.0. The lowest BCUT2D eigenvalue weighted by Gasteiger charge is -2.26. The van der Waals surface area contributed by atoms with Crippen molar-refractivity contribution in [1.29, 1.82) is 0 Å². The summed E-state index contributed by atoms with van der Waals surface area (Å²) >= 11 is 1.31. The van der Waals surface area contributed by atoms with Gasteiger partial charge in [0.2, 0.25) is 0 Å². The number of H-pyrrole nitrogens is 1. The number of thiazole rings is 1. The predicted octanol–water partition coefficient (Wildman–Crippen LogP) is 4.72. The molecule has 194 valence electrons. The molecular weight excluding hydrogens is 516 g/mol. The van der Waals surface area contributed by atoms with E-state index in [9.17, 15) is 22.4 Å². The van der Waals surface area contributed by atoms with Crippen LogP contribution >= 0.6 is 11.3 Å². The molecule has 5 rings (SSSR count). The molecule has 1 aliphatic heterocycles. The quantitative estimate of drug-likeness (QED) is 0.342. The average molecular weight is 537 g/mol. The third-order valence-electron chi connectivity index (χ3n) is 5.72. The summed E-state index contributed by atoms with van der Waals surface area (Å²) in [5, 5.41) is 4.04. The molecule has 1 saturated heterocycles. The van der Waals surface area contributed by atoms with Crippen LogP contribution in [-0.2, 0) is 24.1 Å². The van der Waals surface area contributed by atoms with Gasteiger partial charge in [-0.05, 0) is 24.3 Å². The molecule has 2 aromatic heterocycles. The van der Waals surface area contributed by atoms with Crippen molar-refractivity contribution in [2.45, 2.75) is 19.3 Å². The van der Waals surface area contributed by atoms with Crippen LogP contribution in [0.2, 0.25) is 0 Å². The molecule has 0 unspecified atom stereocenters. The number of halogens is 4. The minimum atomic E-state index is -4.42. The number of ether oxygens (including phenoxy) is 2. The van der Waals surface area contributed by atoms with Gasteiger partial charge in [0.1, 0.15) is 23.2 Å². The molecule has 0 radical (unpaired) electrons. The second-order valence-corrected chi connectivity index (χ2v) is 9.31. The van der Waals surface area contributed by atoms with Gasteiger partial charge in [0.05, 0.1) is 34.9 Å². The van der Waals surface area contributed by atoms with Gasteiger partial charge >= 0.3 is 11.9 Å². The first-order chi connectivity index (χ1) is 17.8. The van der Waals surface area contributed by atoms with E-state index in [2.05, 4.69) is 19.6 Å². The molecule has 4 aromatic rings. The fourth-order valence-corrected chi connectivity index (χ4v) is 4.78. The Labute approximate surface area is 211 Å². The second kappa shape index (κ2) is 10.4. The van der Waals surface area contributed by atoms with Crippen molar-refractivity contribution in [3.05, 3.63) is 75.0 Å². The summed E-state index contributed by atoms with van der Waals surface area (Å²) < 4.78 is 69.2. The van der Waals surface area contributed by atoms with Crippen LogP contribution < -0.4 is 10.5 Å². The molecule has 0 spiro atoms. The van der Waals surface area contributed by atoms with Crippen molar-refractivity contribution in [3.63, 3.8) is 0 Å². The first-order valence-corrected chi connectivity index (χ1v) is 12.0. The minimum Gasteiger partial charge on any atom is -0.488 e. The molecule has 1 aliphatic rings. The van der Waals surface area contributed by atoms with Crippen molar-refractivity contribution in [2.75, 3.05) is 26.3 Å². The van der Waals surface area contributed by atoms with Crippen molar-refractivity contribution in [3.8, 4) is 27.7 Å². The van der Waals surface area contributed by atoms with Crippen LogP contribution in [0.25, 0.3) is 22.0 Å². The molecule has 0 saturated carbocycles. The number of morpholine rings is 1. The van der Waals surface area contributed by atoms with Crippen molar-refractivity contribution < 1.29 is 31.6 Å². The van der Waals surface area contributed by atoms with Crippen LogP contribution in [0.15, 0.2) is 51.8 Å². The Bertz CT molecular complexity index is 1430. The number of aromatic nitrogens is 3. The minimum absolute atomic E-state index is 0.0366. The monoisotopic (exact) mass is 536 g/mol. The van der Waals surface area contributed by atoms with E-state index in [-0.39, 0.29) is 23.7 Å².